The van der Waals surface area contributed by atoms with E-state index in [1.165, 1.54) is 11.3 Å². The van der Waals surface area contributed by atoms with Crippen LogP contribution in [0.4, 0.5) is 0 Å². The minimum Gasteiger partial charge on any atom is -0.481 e. The lowest BCUT2D eigenvalue weighted by atomic mass is 9.76. The van der Waals surface area contributed by atoms with Crippen LogP contribution in [0.3, 0.4) is 0 Å². The second-order valence-electron chi connectivity index (χ2n) is 9.77. The molecule has 6 nitrogen and oxygen atoms in total. The Morgan fingerprint density at radius 1 is 1.27 bits per heavy atom. The molecule has 33 heavy (non-hydrogen) atoms. The summed E-state index contributed by atoms with van der Waals surface area (Å²) in [7, 11) is 3.68. The summed E-state index contributed by atoms with van der Waals surface area (Å²) in [6, 6.07) is 0. The van der Waals surface area contributed by atoms with E-state index in [4.69, 9.17) is 24.2 Å². The molecular formula is C27H40N4O2. The Balaban J connectivity index is 2.07. The summed E-state index contributed by atoms with van der Waals surface area (Å²) in [6.45, 7) is 17.1. The van der Waals surface area contributed by atoms with Crippen LogP contribution in [0.25, 0.3) is 17.2 Å². The molecule has 0 bridgehead atoms. The highest BCUT2D eigenvalue weighted by atomic mass is 16.5. The number of aliphatic imine (C=N–C) groups is 1. The van der Waals surface area contributed by atoms with Gasteiger partial charge in [-0.15, -0.1) is 0 Å². The van der Waals surface area contributed by atoms with Crippen molar-refractivity contribution in [1.29, 1.82) is 0 Å². The molecule has 2 aromatic heterocycles. The molecule has 180 valence electrons. The second kappa shape index (κ2) is 10.1. The molecule has 1 aliphatic carbocycles. The molecule has 0 fully saturated rings. The number of fused-ring (bicyclic) bond motifs is 1. The fourth-order valence-electron chi connectivity index (χ4n) is 4.68. The van der Waals surface area contributed by atoms with E-state index < -0.39 is 0 Å². The van der Waals surface area contributed by atoms with E-state index in [0.29, 0.717) is 17.2 Å². The van der Waals surface area contributed by atoms with Crippen LogP contribution in [0.2, 0.25) is 0 Å². The highest BCUT2D eigenvalue weighted by molar-refractivity contribution is 5.94. The number of aromatic nitrogens is 3. The predicted molar refractivity (Wildman–Crippen MR) is 135 cm³/mol. The first-order valence-electron chi connectivity index (χ1n) is 12.2. The van der Waals surface area contributed by atoms with Gasteiger partial charge in [0.15, 0.2) is 5.69 Å². The average Bonchev–Trinajstić information content (AvgIpc) is 3.33. The van der Waals surface area contributed by atoms with Crippen molar-refractivity contribution in [2.24, 2.45) is 17.5 Å². The number of methoxy groups -OCH3 is 1. The van der Waals surface area contributed by atoms with Crippen LogP contribution in [0.1, 0.15) is 89.9 Å². The van der Waals surface area contributed by atoms with Crippen molar-refractivity contribution >= 4 is 11.5 Å². The molecule has 0 atom stereocenters. The fourth-order valence-corrected chi connectivity index (χ4v) is 4.68. The van der Waals surface area contributed by atoms with Gasteiger partial charge in [0.2, 0.25) is 11.8 Å². The smallest absolute Gasteiger partial charge is 0.248 e. The Labute approximate surface area is 198 Å². The molecular weight excluding hydrogens is 412 g/mol. The Morgan fingerprint density at radius 3 is 2.61 bits per heavy atom. The molecule has 0 radical (unpaired) electrons. The van der Waals surface area contributed by atoms with Crippen molar-refractivity contribution in [3.8, 4) is 11.6 Å². The van der Waals surface area contributed by atoms with E-state index >= 15 is 0 Å². The summed E-state index contributed by atoms with van der Waals surface area (Å²) in [4.78, 5) is 9.76. The van der Waals surface area contributed by atoms with Crippen molar-refractivity contribution in [1.82, 2.24) is 14.8 Å². The van der Waals surface area contributed by atoms with E-state index in [9.17, 15) is 0 Å². The molecule has 1 aliphatic rings. The lowest BCUT2D eigenvalue weighted by molar-refractivity contribution is 0.307. The van der Waals surface area contributed by atoms with Gasteiger partial charge in [0.1, 0.15) is 11.5 Å². The first-order valence-corrected chi connectivity index (χ1v) is 12.2. The third-order valence-electron chi connectivity index (χ3n) is 6.59. The number of ether oxygens (including phenoxy) is 1. The maximum Gasteiger partial charge on any atom is 0.248 e. The van der Waals surface area contributed by atoms with Crippen LogP contribution in [0.5, 0.6) is 0 Å². The van der Waals surface area contributed by atoms with Gasteiger partial charge in [-0.3, -0.25) is 4.68 Å². The Bertz CT molecular complexity index is 1080. The minimum atomic E-state index is 0.294. The third-order valence-corrected chi connectivity index (χ3v) is 6.59. The summed E-state index contributed by atoms with van der Waals surface area (Å²) >= 11 is 0. The number of aryl methyl sites for hydroxylation is 2. The zero-order valence-corrected chi connectivity index (χ0v) is 21.8. The number of nitrogens with zero attached hydrogens (tertiary/aromatic N) is 4. The molecule has 0 spiro atoms. The molecule has 0 aliphatic heterocycles. The lowest BCUT2D eigenvalue weighted by Crippen LogP contribution is -2.23. The van der Waals surface area contributed by atoms with Gasteiger partial charge in [-0.25, -0.2) is 9.98 Å². The highest BCUT2D eigenvalue weighted by Crippen LogP contribution is 2.39. The lowest BCUT2D eigenvalue weighted by Gasteiger charge is -2.29. The first kappa shape index (κ1) is 25.0. The van der Waals surface area contributed by atoms with Crippen molar-refractivity contribution in [3.63, 3.8) is 0 Å². The SMILES string of the molecule is C=C(CCC)C(=NC(C)=C(CC)c1nc(-c2nn(C)c3c2CCC(C)(C)C3)oc1CC)OC. The zero-order chi connectivity index (χ0) is 24.3. The highest BCUT2D eigenvalue weighted by Gasteiger charge is 2.32. The van der Waals surface area contributed by atoms with Gasteiger partial charge in [0.05, 0.1) is 7.11 Å². The summed E-state index contributed by atoms with van der Waals surface area (Å²) in [5.41, 5.74) is 7.49. The molecule has 0 amide bonds. The van der Waals surface area contributed by atoms with Gasteiger partial charge in [-0.1, -0.05) is 47.6 Å². The first-order chi connectivity index (χ1) is 15.6. The Morgan fingerprint density at radius 2 is 2.00 bits per heavy atom. The molecule has 0 unspecified atom stereocenters. The van der Waals surface area contributed by atoms with Crippen LogP contribution >= 0.6 is 0 Å². The topological polar surface area (TPSA) is 65.4 Å². The standard InChI is InChI=1S/C27H40N4O2/c1-10-13-17(4)25(32-9)28-18(5)19(11-2)23-22(12-3)33-26(29-23)24-20-14-15-27(6,7)16-21(20)31(8)30-24/h4,10-16H2,1-3,5-9H3. The molecule has 2 aromatic rings. The maximum atomic E-state index is 6.31. The van der Waals surface area contributed by atoms with Crippen molar-refractivity contribution in [3.05, 3.63) is 40.6 Å². The summed E-state index contributed by atoms with van der Waals surface area (Å²) in [5.74, 6) is 2.07. The molecule has 3 rings (SSSR count). The fraction of sp³-hybridized carbons (Fsp3) is 0.593. The van der Waals surface area contributed by atoms with E-state index in [1.54, 1.807) is 7.11 Å². The van der Waals surface area contributed by atoms with Gasteiger partial charge in [-0.2, -0.15) is 5.10 Å². The zero-order valence-electron chi connectivity index (χ0n) is 21.8. The number of rotatable bonds is 8. The second-order valence-corrected chi connectivity index (χ2v) is 9.77. The van der Waals surface area contributed by atoms with Crippen molar-refractivity contribution in [2.45, 2.75) is 86.5 Å². The van der Waals surface area contributed by atoms with E-state index in [2.05, 4.69) is 41.2 Å². The Hall–Kier alpha value is -2.63. The number of allylic oxidation sites excluding steroid dienone is 2. The molecule has 0 saturated heterocycles. The third kappa shape index (κ3) is 5.15. The molecule has 0 saturated carbocycles. The number of hydrogen-bond donors (Lipinski definition) is 0. The van der Waals surface area contributed by atoms with Crippen LogP contribution in [0.15, 0.2) is 27.3 Å². The van der Waals surface area contributed by atoms with E-state index in [0.717, 1.165) is 78.9 Å². The van der Waals surface area contributed by atoms with Crippen LogP contribution < -0.4 is 0 Å². The summed E-state index contributed by atoms with van der Waals surface area (Å²) in [5, 5.41) is 4.84. The van der Waals surface area contributed by atoms with Crippen molar-refractivity contribution in [2.75, 3.05) is 7.11 Å². The molecule has 0 N–H and O–H groups in total. The van der Waals surface area contributed by atoms with Crippen LogP contribution in [0, 0.1) is 5.41 Å². The average molecular weight is 453 g/mol. The van der Waals surface area contributed by atoms with Gasteiger partial charge in [0.25, 0.3) is 0 Å². The largest absolute Gasteiger partial charge is 0.481 e. The van der Waals surface area contributed by atoms with Gasteiger partial charge >= 0.3 is 0 Å². The molecule has 6 heteroatoms. The maximum absolute atomic E-state index is 6.31. The minimum absolute atomic E-state index is 0.294. The van der Waals surface area contributed by atoms with E-state index in [-0.39, 0.29) is 0 Å². The monoisotopic (exact) mass is 452 g/mol. The van der Waals surface area contributed by atoms with Crippen molar-refractivity contribution < 1.29 is 9.15 Å². The number of oxazole rings is 1. The molecule has 2 heterocycles. The Kier molecular flexibility index (Phi) is 7.65. The van der Waals surface area contributed by atoms with E-state index in [1.807, 2.05) is 18.7 Å². The van der Waals surface area contributed by atoms with Crippen LogP contribution in [-0.2, 0) is 31.0 Å². The van der Waals surface area contributed by atoms with Gasteiger partial charge < -0.3 is 9.15 Å². The molecule has 0 aromatic carbocycles. The quantitative estimate of drug-likeness (QED) is 0.330. The summed E-state index contributed by atoms with van der Waals surface area (Å²) in [6.07, 6.45) is 6.57. The summed E-state index contributed by atoms with van der Waals surface area (Å²) < 4.78 is 13.9. The van der Waals surface area contributed by atoms with Crippen LogP contribution in [-0.4, -0.2) is 27.8 Å². The number of hydrogen-bond acceptors (Lipinski definition) is 5. The van der Waals surface area contributed by atoms with Gasteiger partial charge in [-0.05, 0) is 44.4 Å². The predicted octanol–water partition coefficient (Wildman–Crippen LogP) is 6.69. The van der Waals surface area contributed by atoms with Gasteiger partial charge in [0, 0.05) is 41.6 Å². The normalized spacial score (nSPS) is 16.4.